The normalized spacial score (nSPS) is 10.8. The number of aryl methyl sites for hydroxylation is 2. The number of aliphatic hydroxyl groups excluding tert-OH is 1. The summed E-state index contributed by atoms with van der Waals surface area (Å²) in [5, 5.41) is 13.4. The first-order valence-electron chi connectivity index (χ1n) is 6.93. The summed E-state index contributed by atoms with van der Waals surface area (Å²) in [7, 11) is 1.84. The highest BCUT2D eigenvalue weighted by molar-refractivity contribution is 5.96. The van der Waals surface area contributed by atoms with E-state index >= 15 is 0 Å². The van der Waals surface area contributed by atoms with E-state index in [1.165, 1.54) is 0 Å². The van der Waals surface area contributed by atoms with Crippen molar-refractivity contribution >= 4 is 5.91 Å². The van der Waals surface area contributed by atoms with Crippen molar-refractivity contribution in [2.45, 2.75) is 40.0 Å². The van der Waals surface area contributed by atoms with E-state index in [-0.39, 0.29) is 12.5 Å². The molecule has 5 nitrogen and oxygen atoms in total. The minimum absolute atomic E-state index is 0.00375. The minimum Gasteiger partial charge on any atom is -0.395 e. The molecule has 19 heavy (non-hydrogen) atoms. The molecule has 0 spiro atoms. The first-order valence-corrected chi connectivity index (χ1v) is 6.93. The average Bonchev–Trinajstić information content (AvgIpc) is 2.62. The summed E-state index contributed by atoms with van der Waals surface area (Å²) < 4.78 is 1.73. The maximum Gasteiger partial charge on any atom is 0.257 e. The zero-order valence-electron chi connectivity index (χ0n) is 12.4. The van der Waals surface area contributed by atoms with Crippen LogP contribution in [0.4, 0.5) is 0 Å². The largest absolute Gasteiger partial charge is 0.395 e. The topological polar surface area (TPSA) is 58.4 Å². The Morgan fingerprint density at radius 1 is 1.32 bits per heavy atom. The number of amides is 1. The number of nitrogens with zero attached hydrogens (tertiary/aromatic N) is 3. The van der Waals surface area contributed by atoms with Crippen molar-refractivity contribution in [1.29, 1.82) is 0 Å². The monoisotopic (exact) mass is 267 g/mol. The van der Waals surface area contributed by atoms with Crippen LogP contribution in [0, 0.1) is 13.8 Å². The van der Waals surface area contributed by atoms with Gasteiger partial charge in [0.1, 0.15) is 0 Å². The highest BCUT2D eigenvalue weighted by atomic mass is 16.3. The molecule has 0 radical (unpaired) electrons. The van der Waals surface area contributed by atoms with Gasteiger partial charge in [0.05, 0.1) is 17.9 Å². The fourth-order valence-electron chi connectivity index (χ4n) is 2.23. The molecule has 0 aliphatic rings. The Balaban J connectivity index is 2.86. The van der Waals surface area contributed by atoms with Crippen LogP contribution in [-0.2, 0) is 7.05 Å². The molecule has 0 saturated carbocycles. The van der Waals surface area contributed by atoms with E-state index < -0.39 is 0 Å². The number of hydrogen-bond acceptors (Lipinski definition) is 3. The minimum atomic E-state index is -0.0201. The fraction of sp³-hybridized carbons (Fsp3) is 0.714. The van der Waals surface area contributed by atoms with Gasteiger partial charge in [-0.2, -0.15) is 5.10 Å². The van der Waals surface area contributed by atoms with E-state index in [1.54, 1.807) is 9.58 Å². The fourth-order valence-corrected chi connectivity index (χ4v) is 2.23. The predicted octanol–water partition coefficient (Wildman–Crippen LogP) is 1.66. The summed E-state index contributed by atoms with van der Waals surface area (Å²) in [6.07, 6.45) is 3.19. The molecule has 0 aliphatic heterocycles. The third-order valence-electron chi connectivity index (χ3n) is 3.41. The molecule has 1 amide bonds. The summed E-state index contributed by atoms with van der Waals surface area (Å²) in [6.45, 7) is 6.96. The lowest BCUT2D eigenvalue weighted by Crippen LogP contribution is -2.35. The Morgan fingerprint density at radius 3 is 2.47 bits per heavy atom. The quantitative estimate of drug-likeness (QED) is 0.764. The van der Waals surface area contributed by atoms with Crippen molar-refractivity contribution < 1.29 is 9.90 Å². The Morgan fingerprint density at radius 2 is 2.00 bits per heavy atom. The molecule has 0 unspecified atom stereocenters. The van der Waals surface area contributed by atoms with Crippen LogP contribution in [0.15, 0.2) is 0 Å². The summed E-state index contributed by atoms with van der Waals surface area (Å²) in [4.78, 5) is 14.3. The second-order valence-corrected chi connectivity index (χ2v) is 4.89. The number of unbranched alkanes of at least 4 members (excludes halogenated alkanes) is 2. The molecule has 5 heteroatoms. The number of rotatable bonds is 7. The summed E-state index contributed by atoms with van der Waals surface area (Å²) in [5.74, 6) is -0.0201. The van der Waals surface area contributed by atoms with Crippen molar-refractivity contribution in [1.82, 2.24) is 14.7 Å². The van der Waals surface area contributed by atoms with Gasteiger partial charge in [0.2, 0.25) is 0 Å². The molecule has 1 aromatic heterocycles. The molecule has 0 atom stereocenters. The highest BCUT2D eigenvalue weighted by Crippen LogP contribution is 2.15. The third-order valence-corrected chi connectivity index (χ3v) is 3.41. The first-order chi connectivity index (χ1) is 9.02. The van der Waals surface area contributed by atoms with Crippen LogP contribution in [-0.4, -0.2) is 45.4 Å². The molecule has 1 heterocycles. The summed E-state index contributed by atoms with van der Waals surface area (Å²) in [5.41, 5.74) is 2.30. The van der Waals surface area contributed by atoms with Crippen LogP contribution in [0.1, 0.15) is 47.9 Å². The summed E-state index contributed by atoms with van der Waals surface area (Å²) >= 11 is 0. The van der Waals surface area contributed by atoms with Gasteiger partial charge in [0.25, 0.3) is 5.91 Å². The number of hydrogen-bond donors (Lipinski definition) is 1. The van der Waals surface area contributed by atoms with E-state index in [2.05, 4.69) is 12.0 Å². The van der Waals surface area contributed by atoms with Gasteiger partial charge in [0.15, 0.2) is 0 Å². The van der Waals surface area contributed by atoms with Gasteiger partial charge in [-0.25, -0.2) is 0 Å². The van der Waals surface area contributed by atoms with E-state index in [0.717, 1.165) is 30.7 Å². The van der Waals surface area contributed by atoms with E-state index in [9.17, 15) is 4.79 Å². The number of aromatic nitrogens is 2. The smallest absolute Gasteiger partial charge is 0.257 e. The molecular formula is C14H25N3O2. The number of aliphatic hydroxyl groups is 1. The highest BCUT2D eigenvalue weighted by Gasteiger charge is 2.22. The molecule has 0 fully saturated rings. The second-order valence-electron chi connectivity index (χ2n) is 4.89. The Bertz CT molecular complexity index is 427. The molecule has 1 rings (SSSR count). The molecule has 0 saturated heterocycles. The Labute approximate surface area is 115 Å². The molecule has 0 bridgehead atoms. The van der Waals surface area contributed by atoms with Crippen LogP contribution in [0.2, 0.25) is 0 Å². The molecule has 0 aliphatic carbocycles. The Hall–Kier alpha value is -1.36. The predicted molar refractivity (Wildman–Crippen MR) is 75.2 cm³/mol. The van der Waals surface area contributed by atoms with Crippen molar-refractivity contribution in [3.05, 3.63) is 17.0 Å². The Kier molecular flexibility index (Phi) is 6.02. The van der Waals surface area contributed by atoms with E-state index in [4.69, 9.17) is 5.11 Å². The van der Waals surface area contributed by atoms with Crippen molar-refractivity contribution in [2.75, 3.05) is 19.7 Å². The van der Waals surface area contributed by atoms with E-state index in [0.29, 0.717) is 18.7 Å². The molecular weight excluding hydrogens is 242 g/mol. The van der Waals surface area contributed by atoms with Gasteiger partial charge in [-0.15, -0.1) is 0 Å². The van der Waals surface area contributed by atoms with Gasteiger partial charge >= 0.3 is 0 Å². The van der Waals surface area contributed by atoms with Crippen LogP contribution >= 0.6 is 0 Å². The van der Waals surface area contributed by atoms with Gasteiger partial charge in [-0.3, -0.25) is 9.48 Å². The van der Waals surface area contributed by atoms with Crippen molar-refractivity contribution in [3.8, 4) is 0 Å². The van der Waals surface area contributed by atoms with Crippen molar-refractivity contribution in [3.63, 3.8) is 0 Å². The number of carbonyl (C=O) groups is 1. The molecule has 1 N–H and O–H groups in total. The van der Waals surface area contributed by atoms with E-state index in [1.807, 2.05) is 20.9 Å². The van der Waals surface area contributed by atoms with Crippen molar-refractivity contribution in [2.24, 2.45) is 7.05 Å². The van der Waals surface area contributed by atoms with Crippen LogP contribution in [0.5, 0.6) is 0 Å². The summed E-state index contributed by atoms with van der Waals surface area (Å²) in [6, 6.07) is 0. The molecule has 1 aromatic rings. The average molecular weight is 267 g/mol. The van der Waals surface area contributed by atoms with Gasteiger partial charge in [-0.05, 0) is 20.3 Å². The van der Waals surface area contributed by atoms with Gasteiger partial charge < -0.3 is 10.0 Å². The molecule has 0 aromatic carbocycles. The second kappa shape index (κ2) is 7.28. The van der Waals surface area contributed by atoms with Gasteiger partial charge in [0, 0.05) is 25.8 Å². The number of carbonyl (C=O) groups excluding carboxylic acids is 1. The third kappa shape index (κ3) is 3.80. The maximum atomic E-state index is 12.5. The standard InChI is InChI=1S/C14H25N3O2/c1-5-6-7-8-17(9-10-18)14(19)13-11(2)15-16(4)12(13)3/h18H,5-10H2,1-4H3. The zero-order chi connectivity index (χ0) is 14.4. The SMILES string of the molecule is CCCCCN(CCO)C(=O)c1c(C)nn(C)c1C. The lowest BCUT2D eigenvalue weighted by atomic mass is 10.1. The maximum absolute atomic E-state index is 12.5. The van der Waals surface area contributed by atoms with Crippen LogP contribution < -0.4 is 0 Å². The lowest BCUT2D eigenvalue weighted by molar-refractivity contribution is 0.0717. The first kappa shape index (κ1) is 15.7. The molecule has 108 valence electrons. The van der Waals surface area contributed by atoms with Gasteiger partial charge in [-0.1, -0.05) is 19.8 Å². The zero-order valence-corrected chi connectivity index (χ0v) is 12.4. The lowest BCUT2D eigenvalue weighted by Gasteiger charge is -2.22. The van der Waals surface area contributed by atoms with Crippen LogP contribution in [0.25, 0.3) is 0 Å². The van der Waals surface area contributed by atoms with Crippen LogP contribution in [0.3, 0.4) is 0 Å².